The Hall–Kier alpha value is -2.05. The predicted octanol–water partition coefficient (Wildman–Crippen LogP) is 2.53. The average molecular weight is 328 g/mol. The molecule has 2 N–H and O–H groups in total. The van der Waals surface area contributed by atoms with Crippen LogP contribution in [0.25, 0.3) is 0 Å². The van der Waals surface area contributed by atoms with Crippen molar-refractivity contribution in [3.8, 4) is 0 Å². The van der Waals surface area contributed by atoms with Crippen LogP contribution in [0.3, 0.4) is 0 Å². The molecule has 2 atom stereocenters. The van der Waals surface area contributed by atoms with Crippen LogP contribution in [0.4, 0.5) is 13.2 Å². The molecule has 1 aliphatic rings. The molecule has 23 heavy (non-hydrogen) atoms. The molecule has 0 saturated carbocycles. The van der Waals surface area contributed by atoms with Crippen molar-refractivity contribution in [1.29, 1.82) is 0 Å². The van der Waals surface area contributed by atoms with Gasteiger partial charge in [-0.25, -0.2) is 0 Å². The molecule has 1 aromatic rings. The predicted molar refractivity (Wildman–Crippen MR) is 78.4 cm³/mol. The molecule has 1 aliphatic heterocycles. The summed E-state index contributed by atoms with van der Waals surface area (Å²) in [6.45, 7) is 2.47. The van der Waals surface area contributed by atoms with E-state index in [2.05, 4.69) is 0 Å². The monoisotopic (exact) mass is 328 g/mol. The van der Waals surface area contributed by atoms with E-state index in [1.165, 1.54) is 6.07 Å². The summed E-state index contributed by atoms with van der Waals surface area (Å²) in [6.07, 6.45) is -3.75. The summed E-state index contributed by atoms with van der Waals surface area (Å²) in [5, 5.41) is 0. The summed E-state index contributed by atoms with van der Waals surface area (Å²) < 4.78 is 38.2. The van der Waals surface area contributed by atoms with Gasteiger partial charge >= 0.3 is 6.18 Å². The maximum Gasteiger partial charge on any atom is 0.416 e. The van der Waals surface area contributed by atoms with Gasteiger partial charge in [0, 0.05) is 19.5 Å². The Morgan fingerprint density at radius 2 is 2.09 bits per heavy atom. The first-order valence-electron chi connectivity index (χ1n) is 7.42. The van der Waals surface area contributed by atoms with E-state index < -0.39 is 17.6 Å². The van der Waals surface area contributed by atoms with E-state index in [0.717, 1.165) is 12.1 Å². The highest BCUT2D eigenvalue weighted by Gasteiger charge is 2.32. The van der Waals surface area contributed by atoms with E-state index in [4.69, 9.17) is 5.73 Å². The van der Waals surface area contributed by atoms with Crippen molar-refractivity contribution >= 4 is 11.8 Å². The third kappa shape index (κ3) is 4.24. The zero-order valence-corrected chi connectivity index (χ0v) is 12.8. The van der Waals surface area contributed by atoms with Gasteiger partial charge in [-0.05, 0) is 24.0 Å². The van der Waals surface area contributed by atoms with E-state index in [9.17, 15) is 22.8 Å². The Balaban J connectivity index is 2.01. The van der Waals surface area contributed by atoms with Crippen LogP contribution in [0.15, 0.2) is 24.3 Å². The number of nitrogens with two attached hydrogens (primary N) is 1. The van der Waals surface area contributed by atoms with Gasteiger partial charge in [0.1, 0.15) is 0 Å². The van der Waals surface area contributed by atoms with Gasteiger partial charge in [0.15, 0.2) is 0 Å². The number of hydrogen-bond acceptors (Lipinski definition) is 2. The topological polar surface area (TPSA) is 63.4 Å². The van der Waals surface area contributed by atoms with Gasteiger partial charge in [-0.2, -0.15) is 13.2 Å². The Kier molecular flexibility index (Phi) is 4.97. The largest absolute Gasteiger partial charge is 0.416 e. The van der Waals surface area contributed by atoms with Crippen LogP contribution in [-0.4, -0.2) is 29.8 Å². The molecular weight excluding hydrogens is 309 g/mol. The Bertz CT molecular complexity index is 601. The number of likely N-dealkylation sites (tertiary alicyclic amines) is 1. The molecular formula is C16H19F3N2O2. The number of amides is 2. The van der Waals surface area contributed by atoms with Crippen molar-refractivity contribution in [2.24, 2.45) is 11.7 Å². The second-order valence-electron chi connectivity index (χ2n) is 5.96. The molecule has 126 valence electrons. The van der Waals surface area contributed by atoms with Gasteiger partial charge in [-0.1, -0.05) is 25.1 Å². The number of halogens is 3. The number of benzene rings is 1. The van der Waals surface area contributed by atoms with Crippen LogP contribution in [-0.2, 0) is 15.8 Å². The summed E-state index contributed by atoms with van der Waals surface area (Å²) in [5.74, 6) is -1.26. The molecule has 1 heterocycles. The molecule has 2 amide bonds. The molecule has 7 heteroatoms. The lowest BCUT2D eigenvalue weighted by molar-refractivity contribution is -0.137. The van der Waals surface area contributed by atoms with Crippen LogP contribution in [0.5, 0.6) is 0 Å². The Morgan fingerprint density at radius 1 is 1.39 bits per heavy atom. The third-order valence-electron chi connectivity index (χ3n) is 4.21. The van der Waals surface area contributed by atoms with E-state index in [-0.39, 0.29) is 24.2 Å². The number of rotatable bonds is 4. The number of carbonyl (C=O) groups excluding carboxylic acids is 2. The molecule has 0 aromatic heterocycles. The van der Waals surface area contributed by atoms with E-state index >= 15 is 0 Å². The lowest BCUT2D eigenvalue weighted by Crippen LogP contribution is -2.32. The van der Waals surface area contributed by atoms with Crippen LogP contribution < -0.4 is 5.73 Å². The summed E-state index contributed by atoms with van der Waals surface area (Å²) in [5.41, 5.74) is 4.98. The van der Waals surface area contributed by atoms with Crippen LogP contribution in [0, 0.1) is 5.92 Å². The Morgan fingerprint density at radius 3 is 2.65 bits per heavy atom. The van der Waals surface area contributed by atoms with Gasteiger partial charge in [0.05, 0.1) is 11.5 Å². The highest BCUT2D eigenvalue weighted by atomic mass is 19.4. The lowest BCUT2D eigenvalue weighted by Gasteiger charge is -2.19. The highest BCUT2D eigenvalue weighted by molar-refractivity contribution is 5.81. The first kappa shape index (κ1) is 17.3. The standard InChI is InChI=1S/C16H19F3N2O2/c1-10(11-3-2-4-13(8-11)16(17,18)19)7-14(22)21-6-5-12(9-21)15(20)23/h2-4,8,10,12H,5-7,9H2,1H3,(H2,20,23)/t10-,12-/m0/s1. The fraction of sp³-hybridized carbons (Fsp3) is 0.500. The second-order valence-corrected chi connectivity index (χ2v) is 5.96. The van der Waals surface area contributed by atoms with Gasteiger partial charge in [0.2, 0.25) is 11.8 Å². The number of nitrogens with zero attached hydrogens (tertiary/aromatic N) is 1. The molecule has 0 aliphatic carbocycles. The smallest absolute Gasteiger partial charge is 0.369 e. The molecule has 2 rings (SSSR count). The summed E-state index contributed by atoms with van der Waals surface area (Å²) in [7, 11) is 0. The lowest BCUT2D eigenvalue weighted by atomic mass is 9.95. The molecule has 0 radical (unpaired) electrons. The molecule has 0 unspecified atom stereocenters. The normalized spacial score (nSPS) is 19.7. The summed E-state index contributed by atoms with van der Waals surface area (Å²) in [6, 6.07) is 5.02. The number of primary amides is 1. The molecule has 0 bridgehead atoms. The molecule has 1 saturated heterocycles. The van der Waals surface area contributed by atoms with Gasteiger partial charge in [-0.15, -0.1) is 0 Å². The van der Waals surface area contributed by atoms with Crippen LogP contribution in [0.2, 0.25) is 0 Å². The third-order valence-corrected chi connectivity index (χ3v) is 4.21. The van der Waals surface area contributed by atoms with Crippen LogP contribution in [0.1, 0.15) is 36.8 Å². The molecule has 0 spiro atoms. The van der Waals surface area contributed by atoms with E-state index in [1.807, 2.05) is 0 Å². The summed E-state index contributed by atoms with van der Waals surface area (Å²) >= 11 is 0. The highest BCUT2D eigenvalue weighted by Crippen LogP contribution is 2.32. The van der Waals surface area contributed by atoms with Crippen LogP contribution >= 0.6 is 0 Å². The molecule has 4 nitrogen and oxygen atoms in total. The first-order chi connectivity index (χ1) is 10.7. The van der Waals surface area contributed by atoms with Crippen molar-refractivity contribution in [1.82, 2.24) is 4.90 Å². The maximum absolute atomic E-state index is 12.7. The van der Waals surface area contributed by atoms with Crippen molar-refractivity contribution in [3.63, 3.8) is 0 Å². The van der Waals surface area contributed by atoms with Crippen molar-refractivity contribution in [3.05, 3.63) is 35.4 Å². The average Bonchev–Trinajstić information content (AvgIpc) is 2.96. The number of carbonyl (C=O) groups is 2. The SMILES string of the molecule is C[C@@H](CC(=O)N1CC[C@H](C(N)=O)C1)c1cccc(C(F)(F)F)c1. The minimum absolute atomic E-state index is 0.104. The minimum atomic E-state index is -4.40. The summed E-state index contributed by atoms with van der Waals surface area (Å²) in [4.78, 5) is 24.9. The minimum Gasteiger partial charge on any atom is -0.369 e. The fourth-order valence-corrected chi connectivity index (χ4v) is 2.75. The van der Waals surface area contributed by atoms with Gasteiger partial charge < -0.3 is 10.6 Å². The second kappa shape index (κ2) is 6.60. The van der Waals surface area contributed by atoms with Gasteiger partial charge in [-0.3, -0.25) is 9.59 Å². The Labute approximate surface area is 132 Å². The zero-order chi connectivity index (χ0) is 17.2. The van der Waals surface area contributed by atoms with Crippen molar-refractivity contribution in [2.75, 3.05) is 13.1 Å². The number of alkyl halides is 3. The fourth-order valence-electron chi connectivity index (χ4n) is 2.75. The van der Waals surface area contributed by atoms with Gasteiger partial charge in [0.25, 0.3) is 0 Å². The zero-order valence-electron chi connectivity index (χ0n) is 12.8. The number of hydrogen-bond donors (Lipinski definition) is 1. The first-order valence-corrected chi connectivity index (χ1v) is 7.42. The molecule has 1 aromatic carbocycles. The van der Waals surface area contributed by atoms with Crippen molar-refractivity contribution in [2.45, 2.75) is 31.9 Å². The maximum atomic E-state index is 12.7. The van der Waals surface area contributed by atoms with E-state index in [0.29, 0.717) is 25.1 Å². The molecule has 1 fully saturated rings. The van der Waals surface area contributed by atoms with E-state index in [1.54, 1.807) is 17.9 Å². The quantitative estimate of drug-likeness (QED) is 0.923. The van der Waals surface area contributed by atoms with Crippen molar-refractivity contribution < 1.29 is 22.8 Å².